The summed E-state index contributed by atoms with van der Waals surface area (Å²) in [5, 5.41) is 7.57. The van der Waals surface area contributed by atoms with Gasteiger partial charge in [-0.3, -0.25) is 0 Å². The Labute approximate surface area is 349 Å². The van der Waals surface area contributed by atoms with E-state index in [-0.39, 0.29) is 0 Å². The van der Waals surface area contributed by atoms with E-state index in [4.69, 9.17) is 15.0 Å². The minimum Gasteiger partial charge on any atom is -0.208 e. The maximum Gasteiger partial charge on any atom is 0.164 e. The van der Waals surface area contributed by atoms with Crippen molar-refractivity contribution in [2.24, 2.45) is 0 Å². The Morgan fingerprint density at radius 1 is 0.345 bits per heavy atom. The molecular formula is C47H36B7N3S. The van der Waals surface area contributed by atoms with E-state index in [0.717, 1.165) is 27.8 Å². The predicted molar refractivity (Wildman–Crippen MR) is 272 cm³/mol. The molecule has 0 saturated heterocycles. The highest BCUT2D eigenvalue weighted by Crippen LogP contribution is 2.40. The van der Waals surface area contributed by atoms with Crippen molar-refractivity contribution < 1.29 is 0 Å². The molecule has 0 aliphatic heterocycles. The van der Waals surface area contributed by atoms with Gasteiger partial charge in [0.1, 0.15) is 54.9 Å². The fourth-order valence-electron chi connectivity index (χ4n) is 9.13. The lowest BCUT2D eigenvalue weighted by Crippen LogP contribution is -2.52. The third-order valence-corrected chi connectivity index (χ3v) is 13.8. The number of thiophene rings is 1. The van der Waals surface area contributed by atoms with Crippen molar-refractivity contribution in [3.63, 3.8) is 0 Å². The quantitative estimate of drug-likeness (QED) is 0.244. The van der Waals surface area contributed by atoms with Gasteiger partial charge in [0.05, 0.1) is 0 Å². The van der Waals surface area contributed by atoms with Gasteiger partial charge in [0.25, 0.3) is 0 Å². The fourth-order valence-corrected chi connectivity index (χ4v) is 10.3. The van der Waals surface area contributed by atoms with Gasteiger partial charge in [0.2, 0.25) is 0 Å². The summed E-state index contributed by atoms with van der Waals surface area (Å²) in [5.74, 6) is 2.05. The molecule has 0 N–H and O–H groups in total. The van der Waals surface area contributed by atoms with Gasteiger partial charge in [-0.1, -0.05) is 137 Å². The molecule has 0 amide bonds. The molecule has 2 aromatic heterocycles. The van der Waals surface area contributed by atoms with Gasteiger partial charge < -0.3 is 0 Å². The maximum absolute atomic E-state index is 5.42. The van der Waals surface area contributed by atoms with Crippen LogP contribution in [0.5, 0.6) is 0 Å². The van der Waals surface area contributed by atoms with E-state index in [9.17, 15) is 0 Å². The Morgan fingerprint density at radius 2 is 0.897 bits per heavy atom. The lowest BCUT2D eigenvalue weighted by molar-refractivity contribution is 1.08. The Kier molecular flexibility index (Phi) is 8.83. The van der Waals surface area contributed by atoms with E-state index in [0.29, 0.717) is 17.5 Å². The van der Waals surface area contributed by atoms with Crippen molar-refractivity contribution in [3.05, 3.63) is 133 Å². The van der Waals surface area contributed by atoms with Crippen LogP contribution in [0.3, 0.4) is 0 Å². The molecule has 58 heavy (non-hydrogen) atoms. The van der Waals surface area contributed by atoms with E-state index < -0.39 is 0 Å². The molecular weight excluding hydrogens is 714 g/mol. The van der Waals surface area contributed by atoms with Crippen molar-refractivity contribution in [1.29, 1.82) is 0 Å². The molecule has 0 unspecified atom stereocenters. The summed E-state index contributed by atoms with van der Waals surface area (Å²) in [6.45, 7) is 0. The van der Waals surface area contributed by atoms with Gasteiger partial charge in [-0.05, 0) is 68.1 Å². The first-order valence-corrected chi connectivity index (χ1v) is 20.8. The molecule has 0 radical (unpaired) electrons. The fraction of sp³-hybridized carbons (Fsp3) is 0. The van der Waals surface area contributed by atoms with Crippen LogP contribution in [0.1, 0.15) is 0 Å². The Balaban J connectivity index is 1.16. The van der Waals surface area contributed by atoms with Crippen LogP contribution in [0.4, 0.5) is 0 Å². The number of aromatic nitrogens is 3. The number of rotatable bonds is 5. The summed E-state index contributed by atoms with van der Waals surface area (Å²) in [6.07, 6.45) is 0. The third kappa shape index (κ3) is 5.86. The van der Waals surface area contributed by atoms with Crippen molar-refractivity contribution in [3.8, 4) is 56.4 Å². The van der Waals surface area contributed by atoms with E-state index in [2.05, 4.69) is 188 Å². The first kappa shape index (κ1) is 36.3. The monoisotopic (exact) mass is 751 g/mol. The highest BCUT2D eigenvalue weighted by Gasteiger charge is 2.23. The van der Waals surface area contributed by atoms with Crippen LogP contribution in [0, 0.1) is 0 Å². The zero-order chi connectivity index (χ0) is 39.8. The smallest absolute Gasteiger partial charge is 0.164 e. The average molecular weight is 751 g/mol. The van der Waals surface area contributed by atoms with Gasteiger partial charge in [0, 0.05) is 36.9 Å². The molecule has 0 aliphatic rings. The average Bonchev–Trinajstić information content (AvgIpc) is 3.65. The van der Waals surface area contributed by atoms with E-state index >= 15 is 0 Å². The first-order valence-electron chi connectivity index (χ1n) is 20.0. The Bertz CT molecular complexity index is 3330. The number of hydrogen-bond acceptors (Lipinski definition) is 4. The second-order valence-electron chi connectivity index (χ2n) is 15.8. The summed E-state index contributed by atoms with van der Waals surface area (Å²) < 4.78 is 2.48. The lowest BCUT2D eigenvalue weighted by atomic mass is 9.59. The van der Waals surface area contributed by atoms with Crippen molar-refractivity contribution in [1.82, 2.24) is 15.0 Å². The lowest BCUT2D eigenvalue weighted by Gasteiger charge is -2.24. The van der Waals surface area contributed by atoms with Crippen molar-refractivity contribution in [2.75, 3.05) is 0 Å². The molecule has 0 fully saturated rings. The number of nitrogens with zero attached hydrogens (tertiary/aromatic N) is 3. The summed E-state index contributed by atoms with van der Waals surface area (Å²) >= 11 is 1.81. The molecule has 10 rings (SSSR count). The first-order chi connectivity index (χ1) is 28.2. The minimum atomic E-state index is 0.663. The molecule has 0 spiro atoms. The van der Waals surface area contributed by atoms with Gasteiger partial charge in [-0.25, -0.2) is 15.0 Å². The predicted octanol–water partition coefficient (Wildman–Crippen LogP) is 0.690. The van der Waals surface area contributed by atoms with Crippen LogP contribution >= 0.6 is 11.3 Å². The molecule has 2 heterocycles. The summed E-state index contributed by atoms with van der Waals surface area (Å²) in [6, 6.07) is 47.9. The highest BCUT2D eigenvalue weighted by atomic mass is 32.1. The Morgan fingerprint density at radius 3 is 1.66 bits per heavy atom. The van der Waals surface area contributed by atoms with Crippen LogP contribution in [-0.2, 0) is 0 Å². The molecule has 3 nitrogen and oxygen atoms in total. The molecule has 266 valence electrons. The van der Waals surface area contributed by atoms with Crippen LogP contribution < -0.4 is 38.2 Å². The van der Waals surface area contributed by atoms with Crippen LogP contribution in [0.15, 0.2) is 133 Å². The minimum absolute atomic E-state index is 0.663. The number of benzene rings is 8. The molecule has 8 aromatic carbocycles. The van der Waals surface area contributed by atoms with Gasteiger partial charge >= 0.3 is 0 Å². The SMILES string of the molecule is Bc1c(B)c(B)c2c(B)c(-c3nc(-c4cccc(-c5ccc(-c6ccc7ccccc7c6)cc5)c4)nc(-c4cccc5sc6ccccc6c45)n3)c(B)c(B)c2c1B. The maximum atomic E-state index is 5.42. The number of fused-ring (bicyclic) bond motifs is 5. The summed E-state index contributed by atoms with van der Waals surface area (Å²) in [4.78, 5) is 16.1. The van der Waals surface area contributed by atoms with Crippen molar-refractivity contribution in [2.45, 2.75) is 0 Å². The molecule has 11 heteroatoms. The summed E-state index contributed by atoms with van der Waals surface area (Å²) in [7, 11) is 15.8. The second-order valence-corrected chi connectivity index (χ2v) is 16.9. The molecule has 0 saturated carbocycles. The van der Waals surface area contributed by atoms with Gasteiger partial charge in [0.15, 0.2) is 17.5 Å². The molecule has 10 aromatic rings. The standard InChI is InChI=1S/C47H36B7N3S/c48-38-35-36(41(51)44(54)43(53)40(35)50)39(49)42(52)37(38)47-56-45(55-46(57-47)31-12-6-14-33-34(31)30-11-3-4-13-32(30)58-33)29-10-5-9-27(22-29)24-15-17-25(18-16-24)28-20-19-23-7-1-2-8-26(23)21-28/h1-22H,48-54H2. The number of hydrogen-bond donors (Lipinski definition) is 0. The topological polar surface area (TPSA) is 38.7 Å². The van der Waals surface area contributed by atoms with Gasteiger partial charge in [-0.15, -0.1) is 22.3 Å². The summed E-state index contributed by atoms with van der Waals surface area (Å²) in [5.41, 5.74) is 16.8. The van der Waals surface area contributed by atoms with Gasteiger partial charge in [-0.2, -0.15) is 0 Å². The highest BCUT2D eigenvalue weighted by molar-refractivity contribution is 7.25. The zero-order valence-electron chi connectivity index (χ0n) is 34.0. The van der Waals surface area contributed by atoms with Crippen LogP contribution in [0.25, 0.3) is 98.1 Å². The van der Waals surface area contributed by atoms with E-state index in [1.807, 2.05) is 11.3 Å². The van der Waals surface area contributed by atoms with Crippen LogP contribution in [-0.4, -0.2) is 69.9 Å². The zero-order valence-corrected chi connectivity index (χ0v) is 34.8. The molecule has 0 atom stereocenters. The normalized spacial score (nSPS) is 11.6. The third-order valence-electron chi connectivity index (χ3n) is 12.7. The molecule has 0 bridgehead atoms. The van der Waals surface area contributed by atoms with E-state index in [1.165, 1.54) is 91.1 Å². The second kappa shape index (κ2) is 14.1. The molecule has 0 aliphatic carbocycles. The van der Waals surface area contributed by atoms with Crippen LogP contribution in [0.2, 0.25) is 0 Å². The Hall–Kier alpha value is -6.04. The van der Waals surface area contributed by atoms with E-state index in [1.54, 1.807) is 0 Å². The van der Waals surface area contributed by atoms with Crippen molar-refractivity contribution >= 4 is 146 Å². The largest absolute Gasteiger partial charge is 0.208 e.